The summed E-state index contributed by atoms with van der Waals surface area (Å²) >= 11 is 0. The fourth-order valence-electron chi connectivity index (χ4n) is 2.87. The minimum absolute atomic E-state index is 0.232. The number of hydrogen-bond donors (Lipinski definition) is 2. The lowest BCUT2D eigenvalue weighted by molar-refractivity contribution is 0.247. The van der Waals surface area contributed by atoms with Crippen LogP contribution in [0.1, 0.15) is 25.0 Å². The smallest absolute Gasteiger partial charge is 0.319 e. The van der Waals surface area contributed by atoms with Crippen LogP contribution < -0.4 is 20.3 Å². The molecular weight excluding hydrogens is 326 g/mol. The van der Waals surface area contributed by atoms with Gasteiger partial charge in [0.2, 0.25) is 0 Å². The summed E-state index contributed by atoms with van der Waals surface area (Å²) in [4.78, 5) is 14.2. The van der Waals surface area contributed by atoms with Gasteiger partial charge in [-0.15, -0.1) is 0 Å². The maximum absolute atomic E-state index is 12.0. The Labute approximate surface area is 156 Å². The molecule has 2 aromatic carbocycles. The van der Waals surface area contributed by atoms with Crippen LogP contribution >= 0.6 is 0 Å². The number of rotatable bonds is 8. The van der Waals surface area contributed by atoms with Crippen LogP contribution in [-0.2, 0) is 0 Å². The van der Waals surface area contributed by atoms with Crippen molar-refractivity contribution in [3.05, 3.63) is 53.6 Å². The largest absolute Gasteiger partial charge is 0.492 e. The van der Waals surface area contributed by atoms with Crippen molar-refractivity contribution < 1.29 is 9.53 Å². The number of urea groups is 1. The first-order valence-corrected chi connectivity index (χ1v) is 9.12. The predicted octanol–water partition coefficient (Wildman–Crippen LogP) is 4.35. The van der Waals surface area contributed by atoms with Crippen LogP contribution in [0.15, 0.2) is 42.5 Å². The standard InChI is InChI=1S/C21H29N3O2/c1-5-24(6-2)19-9-7-18(8-10-19)23-21(25)22-11-12-26-20-14-16(3)13-17(4)15-20/h7-10,13-15H,5-6,11-12H2,1-4H3,(H2,22,23,25). The third-order valence-corrected chi connectivity index (χ3v) is 4.11. The molecule has 0 atom stereocenters. The Hall–Kier alpha value is -2.69. The van der Waals surface area contributed by atoms with Gasteiger partial charge >= 0.3 is 6.03 Å². The second-order valence-electron chi connectivity index (χ2n) is 6.27. The molecule has 0 radical (unpaired) electrons. The van der Waals surface area contributed by atoms with E-state index in [1.54, 1.807) is 0 Å². The van der Waals surface area contributed by atoms with Gasteiger partial charge < -0.3 is 20.3 Å². The molecule has 2 aromatic rings. The van der Waals surface area contributed by atoms with Crippen molar-refractivity contribution >= 4 is 17.4 Å². The summed E-state index contributed by atoms with van der Waals surface area (Å²) in [7, 11) is 0. The molecule has 2 rings (SSSR count). The molecule has 2 amide bonds. The third-order valence-electron chi connectivity index (χ3n) is 4.11. The highest BCUT2D eigenvalue weighted by Crippen LogP contribution is 2.18. The summed E-state index contributed by atoms with van der Waals surface area (Å²) < 4.78 is 5.69. The number of benzene rings is 2. The van der Waals surface area contributed by atoms with E-state index in [0.29, 0.717) is 13.2 Å². The molecule has 5 heteroatoms. The summed E-state index contributed by atoms with van der Waals surface area (Å²) in [6.07, 6.45) is 0. The van der Waals surface area contributed by atoms with E-state index in [4.69, 9.17) is 4.74 Å². The maximum Gasteiger partial charge on any atom is 0.319 e. The van der Waals surface area contributed by atoms with Gasteiger partial charge in [0, 0.05) is 24.5 Å². The fourth-order valence-corrected chi connectivity index (χ4v) is 2.87. The molecule has 0 saturated carbocycles. The van der Waals surface area contributed by atoms with Gasteiger partial charge in [0.05, 0.1) is 6.54 Å². The zero-order chi connectivity index (χ0) is 18.9. The Morgan fingerprint density at radius 2 is 1.62 bits per heavy atom. The highest BCUT2D eigenvalue weighted by atomic mass is 16.5. The first-order valence-electron chi connectivity index (χ1n) is 9.12. The molecule has 5 nitrogen and oxygen atoms in total. The topological polar surface area (TPSA) is 53.6 Å². The summed E-state index contributed by atoms with van der Waals surface area (Å²) in [5.41, 5.74) is 4.26. The number of ether oxygens (including phenoxy) is 1. The van der Waals surface area contributed by atoms with E-state index in [9.17, 15) is 4.79 Å². The maximum atomic E-state index is 12.0. The van der Waals surface area contributed by atoms with Crippen LogP contribution in [0.4, 0.5) is 16.2 Å². The average Bonchev–Trinajstić information content (AvgIpc) is 2.60. The van der Waals surface area contributed by atoms with E-state index in [2.05, 4.69) is 35.4 Å². The van der Waals surface area contributed by atoms with Gasteiger partial charge in [-0.3, -0.25) is 0 Å². The average molecular weight is 355 g/mol. The summed E-state index contributed by atoms with van der Waals surface area (Å²) in [6, 6.07) is 13.7. The van der Waals surface area contributed by atoms with Crippen LogP contribution in [0.2, 0.25) is 0 Å². The highest BCUT2D eigenvalue weighted by Gasteiger charge is 2.04. The fraction of sp³-hybridized carbons (Fsp3) is 0.381. The Kier molecular flexibility index (Phi) is 7.33. The number of hydrogen-bond acceptors (Lipinski definition) is 3. The van der Waals surface area contributed by atoms with E-state index in [0.717, 1.165) is 30.2 Å². The van der Waals surface area contributed by atoms with Gasteiger partial charge in [-0.1, -0.05) is 6.07 Å². The molecule has 0 spiro atoms. The summed E-state index contributed by atoms with van der Waals surface area (Å²) in [5, 5.41) is 5.64. The number of aryl methyl sites for hydroxylation is 2. The van der Waals surface area contributed by atoms with E-state index in [1.165, 1.54) is 11.1 Å². The Balaban J connectivity index is 1.74. The number of amides is 2. The van der Waals surface area contributed by atoms with Crippen molar-refractivity contribution in [2.45, 2.75) is 27.7 Å². The van der Waals surface area contributed by atoms with Crippen LogP contribution in [0, 0.1) is 13.8 Å². The molecule has 0 aliphatic rings. The number of carbonyl (C=O) groups is 1. The van der Waals surface area contributed by atoms with Gasteiger partial charge in [0.15, 0.2) is 0 Å². The lowest BCUT2D eigenvalue weighted by Gasteiger charge is -2.21. The molecule has 2 N–H and O–H groups in total. The molecule has 0 unspecified atom stereocenters. The number of nitrogens with zero attached hydrogens (tertiary/aromatic N) is 1. The summed E-state index contributed by atoms with van der Waals surface area (Å²) in [5.74, 6) is 0.830. The van der Waals surface area contributed by atoms with Gasteiger partial charge in [0.25, 0.3) is 0 Å². The minimum atomic E-state index is -0.232. The Morgan fingerprint density at radius 1 is 1.00 bits per heavy atom. The van der Waals surface area contributed by atoms with E-state index in [1.807, 2.05) is 50.2 Å². The van der Waals surface area contributed by atoms with Crippen molar-refractivity contribution in [3.8, 4) is 5.75 Å². The lowest BCUT2D eigenvalue weighted by Crippen LogP contribution is -2.32. The minimum Gasteiger partial charge on any atom is -0.492 e. The second kappa shape index (κ2) is 9.70. The van der Waals surface area contributed by atoms with Crippen molar-refractivity contribution in [1.82, 2.24) is 5.32 Å². The Morgan fingerprint density at radius 3 is 2.19 bits per heavy atom. The molecule has 0 bridgehead atoms. The molecule has 0 aromatic heterocycles. The molecule has 0 heterocycles. The van der Waals surface area contributed by atoms with Crippen molar-refractivity contribution in [2.75, 3.05) is 36.5 Å². The number of anilines is 2. The molecule has 0 fully saturated rings. The van der Waals surface area contributed by atoms with Crippen LogP contribution in [-0.4, -0.2) is 32.3 Å². The van der Waals surface area contributed by atoms with Crippen LogP contribution in [0.3, 0.4) is 0 Å². The van der Waals surface area contributed by atoms with Gasteiger partial charge in [-0.2, -0.15) is 0 Å². The number of carbonyl (C=O) groups excluding carboxylic acids is 1. The quantitative estimate of drug-likeness (QED) is 0.692. The predicted molar refractivity (Wildman–Crippen MR) is 108 cm³/mol. The van der Waals surface area contributed by atoms with Crippen molar-refractivity contribution in [2.24, 2.45) is 0 Å². The van der Waals surface area contributed by atoms with Crippen molar-refractivity contribution in [3.63, 3.8) is 0 Å². The monoisotopic (exact) mass is 355 g/mol. The normalized spacial score (nSPS) is 10.3. The Bertz CT molecular complexity index is 689. The second-order valence-corrected chi connectivity index (χ2v) is 6.27. The van der Waals surface area contributed by atoms with E-state index >= 15 is 0 Å². The first-order chi connectivity index (χ1) is 12.5. The number of nitrogens with one attached hydrogen (secondary N) is 2. The molecule has 0 aliphatic heterocycles. The van der Waals surface area contributed by atoms with Gasteiger partial charge in [0.1, 0.15) is 12.4 Å². The zero-order valence-corrected chi connectivity index (χ0v) is 16.1. The zero-order valence-electron chi connectivity index (χ0n) is 16.1. The molecule has 26 heavy (non-hydrogen) atoms. The molecule has 0 saturated heterocycles. The van der Waals surface area contributed by atoms with Crippen LogP contribution in [0.25, 0.3) is 0 Å². The van der Waals surface area contributed by atoms with Crippen molar-refractivity contribution in [1.29, 1.82) is 0 Å². The molecule has 0 aliphatic carbocycles. The third kappa shape index (κ3) is 5.99. The van der Waals surface area contributed by atoms with Crippen LogP contribution in [0.5, 0.6) is 5.75 Å². The van der Waals surface area contributed by atoms with Gasteiger partial charge in [-0.25, -0.2) is 4.79 Å². The summed E-state index contributed by atoms with van der Waals surface area (Å²) in [6.45, 7) is 11.1. The van der Waals surface area contributed by atoms with E-state index < -0.39 is 0 Å². The lowest BCUT2D eigenvalue weighted by atomic mass is 10.1. The first kappa shape index (κ1) is 19.6. The molecule has 140 valence electrons. The molecular formula is C21H29N3O2. The van der Waals surface area contributed by atoms with Gasteiger partial charge in [-0.05, 0) is 75.2 Å². The van der Waals surface area contributed by atoms with E-state index in [-0.39, 0.29) is 6.03 Å². The SMILES string of the molecule is CCN(CC)c1ccc(NC(=O)NCCOc2cc(C)cc(C)c2)cc1. The highest BCUT2D eigenvalue weighted by molar-refractivity contribution is 5.89.